The number of anilines is 1. The lowest BCUT2D eigenvalue weighted by molar-refractivity contribution is 0.417. The third kappa shape index (κ3) is 2.68. The molecule has 7 heteroatoms. The largest absolute Gasteiger partial charge is 0.398 e. The molecule has 2 N–H and O–H groups in total. The van der Waals surface area contributed by atoms with Crippen molar-refractivity contribution < 1.29 is 8.42 Å². The first kappa shape index (κ1) is 14.5. The molecule has 0 unspecified atom stereocenters. The van der Waals surface area contributed by atoms with Crippen LogP contribution in [-0.2, 0) is 23.6 Å². The Balaban J connectivity index is 2.34. The Morgan fingerprint density at radius 3 is 2.55 bits per heavy atom. The first-order valence-corrected chi connectivity index (χ1v) is 7.72. The van der Waals surface area contributed by atoms with Crippen molar-refractivity contribution in [1.29, 1.82) is 0 Å². The van der Waals surface area contributed by atoms with Crippen molar-refractivity contribution in [3.05, 3.63) is 42.1 Å². The molecule has 1 aromatic heterocycles. The van der Waals surface area contributed by atoms with Gasteiger partial charge in [-0.3, -0.25) is 4.68 Å². The van der Waals surface area contributed by atoms with E-state index in [1.54, 1.807) is 20.0 Å². The van der Waals surface area contributed by atoms with Gasteiger partial charge in [0.25, 0.3) is 10.0 Å². The van der Waals surface area contributed by atoms with Crippen molar-refractivity contribution in [3.8, 4) is 0 Å². The highest BCUT2D eigenvalue weighted by molar-refractivity contribution is 7.89. The first-order valence-electron chi connectivity index (χ1n) is 6.28. The number of sulfonamides is 1. The Labute approximate surface area is 118 Å². The predicted molar refractivity (Wildman–Crippen MR) is 77.3 cm³/mol. The predicted octanol–water partition coefficient (Wildman–Crippen LogP) is 1.21. The number of aromatic nitrogens is 2. The number of aryl methyl sites for hydroxylation is 1. The van der Waals surface area contributed by atoms with E-state index in [2.05, 4.69) is 5.10 Å². The number of nitrogens with two attached hydrogens (primary N) is 1. The highest BCUT2D eigenvalue weighted by atomic mass is 32.2. The van der Waals surface area contributed by atoms with Crippen LogP contribution in [0.3, 0.4) is 0 Å². The smallest absolute Gasteiger partial charge is 0.260 e. The maximum absolute atomic E-state index is 12.6. The third-order valence-electron chi connectivity index (χ3n) is 3.13. The fourth-order valence-corrected chi connectivity index (χ4v) is 3.51. The van der Waals surface area contributed by atoms with Crippen molar-refractivity contribution >= 4 is 15.7 Å². The van der Waals surface area contributed by atoms with Gasteiger partial charge in [-0.05, 0) is 17.7 Å². The average molecular weight is 294 g/mol. The van der Waals surface area contributed by atoms with Gasteiger partial charge in [0.2, 0.25) is 0 Å². The van der Waals surface area contributed by atoms with Crippen molar-refractivity contribution in [2.75, 3.05) is 12.3 Å². The third-order valence-corrected chi connectivity index (χ3v) is 5.13. The zero-order chi connectivity index (χ0) is 14.8. The minimum Gasteiger partial charge on any atom is -0.398 e. The number of benzene rings is 1. The lowest BCUT2D eigenvalue weighted by Gasteiger charge is -2.21. The molecule has 6 nitrogen and oxygen atoms in total. The van der Waals surface area contributed by atoms with Crippen LogP contribution < -0.4 is 5.73 Å². The zero-order valence-corrected chi connectivity index (χ0v) is 12.3. The van der Waals surface area contributed by atoms with Crippen LogP contribution in [-0.4, -0.2) is 29.0 Å². The minimum absolute atomic E-state index is 0.175. The summed E-state index contributed by atoms with van der Waals surface area (Å²) in [5.41, 5.74) is 7.26. The summed E-state index contributed by atoms with van der Waals surface area (Å²) in [6.07, 6.45) is 1.47. The van der Waals surface area contributed by atoms with Gasteiger partial charge in [0.1, 0.15) is 0 Å². The van der Waals surface area contributed by atoms with Gasteiger partial charge in [-0.25, -0.2) is 8.42 Å². The van der Waals surface area contributed by atoms with Gasteiger partial charge >= 0.3 is 0 Å². The molecule has 2 aromatic rings. The molecule has 0 bridgehead atoms. The first-order chi connectivity index (χ1) is 9.46. The van der Waals surface area contributed by atoms with Gasteiger partial charge in [-0.15, -0.1) is 0 Å². The number of para-hydroxylation sites is 1. The molecular formula is C13H18N4O2S. The molecule has 0 aliphatic rings. The molecule has 2 rings (SSSR count). The molecular weight excluding hydrogens is 276 g/mol. The molecule has 1 aromatic carbocycles. The van der Waals surface area contributed by atoms with Crippen molar-refractivity contribution in [2.24, 2.45) is 7.05 Å². The quantitative estimate of drug-likeness (QED) is 0.841. The van der Waals surface area contributed by atoms with E-state index in [0.717, 1.165) is 5.56 Å². The standard InChI is InChI=1S/C13H18N4O2S/c1-3-17(10-11-6-4-5-7-12(11)14)20(18,19)13-8-9-15-16(13)2/h4-9H,3,10,14H2,1-2H3. The summed E-state index contributed by atoms with van der Waals surface area (Å²) in [7, 11) is -1.97. The fraction of sp³-hybridized carbons (Fsp3) is 0.308. The SMILES string of the molecule is CCN(Cc1ccccc1N)S(=O)(=O)c1ccnn1C. The minimum atomic E-state index is -3.58. The maximum atomic E-state index is 12.6. The highest BCUT2D eigenvalue weighted by Crippen LogP contribution is 2.20. The van der Waals surface area contributed by atoms with Gasteiger partial charge in [-0.1, -0.05) is 25.1 Å². The Bertz CT molecular complexity index is 694. The fourth-order valence-electron chi connectivity index (χ4n) is 1.98. The Morgan fingerprint density at radius 1 is 1.30 bits per heavy atom. The normalized spacial score (nSPS) is 11.9. The Hall–Kier alpha value is -1.86. The molecule has 0 spiro atoms. The molecule has 0 aliphatic carbocycles. The number of hydrogen-bond acceptors (Lipinski definition) is 4. The van der Waals surface area contributed by atoms with Crippen LogP contribution >= 0.6 is 0 Å². The maximum Gasteiger partial charge on any atom is 0.260 e. The topological polar surface area (TPSA) is 81.2 Å². The highest BCUT2D eigenvalue weighted by Gasteiger charge is 2.26. The molecule has 0 saturated heterocycles. The van der Waals surface area contributed by atoms with E-state index < -0.39 is 10.0 Å². The number of nitrogen functional groups attached to an aromatic ring is 1. The monoisotopic (exact) mass is 294 g/mol. The summed E-state index contributed by atoms with van der Waals surface area (Å²) in [6.45, 7) is 2.41. The van der Waals surface area contributed by atoms with Gasteiger partial charge < -0.3 is 5.73 Å². The van der Waals surface area contributed by atoms with E-state index in [1.807, 2.05) is 18.2 Å². The average Bonchev–Trinajstić information content (AvgIpc) is 2.84. The lowest BCUT2D eigenvalue weighted by atomic mass is 10.2. The summed E-state index contributed by atoms with van der Waals surface area (Å²) in [5, 5.41) is 4.09. The van der Waals surface area contributed by atoms with Crippen LogP contribution in [0.25, 0.3) is 0 Å². The lowest BCUT2D eigenvalue weighted by Crippen LogP contribution is -2.32. The van der Waals surface area contributed by atoms with E-state index in [1.165, 1.54) is 21.3 Å². The van der Waals surface area contributed by atoms with Crippen LogP contribution in [0.1, 0.15) is 12.5 Å². The van der Waals surface area contributed by atoms with E-state index in [4.69, 9.17) is 5.73 Å². The number of hydrogen-bond donors (Lipinski definition) is 1. The summed E-state index contributed by atoms with van der Waals surface area (Å²) >= 11 is 0. The molecule has 0 amide bonds. The van der Waals surface area contributed by atoms with Crippen LogP contribution in [0.15, 0.2) is 41.6 Å². The molecule has 108 valence electrons. The van der Waals surface area contributed by atoms with Crippen LogP contribution in [0, 0.1) is 0 Å². The van der Waals surface area contributed by atoms with Gasteiger partial charge in [0, 0.05) is 25.8 Å². The van der Waals surface area contributed by atoms with Crippen molar-refractivity contribution in [3.63, 3.8) is 0 Å². The summed E-state index contributed by atoms with van der Waals surface area (Å²) in [4.78, 5) is 0. The molecule has 1 heterocycles. The molecule has 0 fully saturated rings. The van der Waals surface area contributed by atoms with Crippen molar-refractivity contribution in [1.82, 2.24) is 14.1 Å². The van der Waals surface area contributed by atoms with Crippen LogP contribution in [0.5, 0.6) is 0 Å². The van der Waals surface area contributed by atoms with E-state index in [9.17, 15) is 8.42 Å². The Morgan fingerprint density at radius 2 is 2.00 bits per heavy atom. The second-order valence-corrected chi connectivity index (χ2v) is 6.31. The zero-order valence-electron chi connectivity index (χ0n) is 11.5. The summed E-state index contributed by atoms with van der Waals surface area (Å²) in [6, 6.07) is 8.75. The molecule has 0 aliphatic heterocycles. The summed E-state index contributed by atoms with van der Waals surface area (Å²) < 4.78 is 27.9. The van der Waals surface area contributed by atoms with E-state index >= 15 is 0 Å². The molecule has 0 radical (unpaired) electrons. The number of rotatable bonds is 5. The Kier molecular flexibility index (Phi) is 4.10. The summed E-state index contributed by atoms with van der Waals surface area (Å²) in [5.74, 6) is 0. The molecule has 0 atom stereocenters. The van der Waals surface area contributed by atoms with E-state index in [-0.39, 0.29) is 11.6 Å². The number of nitrogens with zero attached hydrogens (tertiary/aromatic N) is 3. The molecule has 0 saturated carbocycles. The van der Waals surface area contributed by atoms with Crippen LogP contribution in [0.2, 0.25) is 0 Å². The van der Waals surface area contributed by atoms with Gasteiger partial charge in [0.15, 0.2) is 5.03 Å². The van der Waals surface area contributed by atoms with Gasteiger partial charge in [-0.2, -0.15) is 9.40 Å². The van der Waals surface area contributed by atoms with Gasteiger partial charge in [0.05, 0.1) is 6.20 Å². The van der Waals surface area contributed by atoms with Crippen LogP contribution in [0.4, 0.5) is 5.69 Å². The molecule has 20 heavy (non-hydrogen) atoms. The second kappa shape index (κ2) is 5.64. The van der Waals surface area contributed by atoms with Crippen molar-refractivity contribution in [2.45, 2.75) is 18.5 Å². The van der Waals surface area contributed by atoms with E-state index in [0.29, 0.717) is 12.2 Å². The second-order valence-electron chi connectivity index (χ2n) is 4.42.